The van der Waals surface area contributed by atoms with Crippen molar-refractivity contribution in [3.8, 4) is 0 Å². The first-order valence-electron chi connectivity index (χ1n) is 7.66. The molecule has 144 valence electrons. The van der Waals surface area contributed by atoms with Crippen molar-refractivity contribution in [1.82, 2.24) is 15.3 Å². The summed E-state index contributed by atoms with van der Waals surface area (Å²) in [6, 6.07) is 10.3. The van der Waals surface area contributed by atoms with Gasteiger partial charge in [0, 0.05) is 12.6 Å². The molecule has 0 saturated carbocycles. The van der Waals surface area contributed by atoms with Crippen LogP contribution in [0.2, 0.25) is 5.02 Å². The van der Waals surface area contributed by atoms with E-state index in [-0.39, 0.29) is 15.5 Å². The number of carbonyl (C=O) groups excluding carboxylic acids is 2. The van der Waals surface area contributed by atoms with E-state index in [1.54, 1.807) is 24.3 Å². The third-order valence-corrected chi connectivity index (χ3v) is 5.68. The Morgan fingerprint density at radius 3 is 2.22 bits per heavy atom. The van der Waals surface area contributed by atoms with Crippen LogP contribution in [0, 0.1) is 6.92 Å². The molecule has 0 spiro atoms. The van der Waals surface area contributed by atoms with Gasteiger partial charge in [0.25, 0.3) is 21.8 Å². The van der Waals surface area contributed by atoms with E-state index in [2.05, 4.69) is 10.9 Å². The highest BCUT2D eigenvalue weighted by molar-refractivity contribution is 7.89. The van der Waals surface area contributed by atoms with Gasteiger partial charge in [0.15, 0.2) is 0 Å². The number of amides is 2. The summed E-state index contributed by atoms with van der Waals surface area (Å²) >= 11 is 5.99. The molecular formula is C17H18ClN3O5S. The van der Waals surface area contributed by atoms with Crippen molar-refractivity contribution in [3.63, 3.8) is 0 Å². The van der Waals surface area contributed by atoms with Gasteiger partial charge >= 0.3 is 0 Å². The van der Waals surface area contributed by atoms with Gasteiger partial charge in [-0.2, -0.15) is 0 Å². The van der Waals surface area contributed by atoms with E-state index >= 15 is 0 Å². The van der Waals surface area contributed by atoms with Crippen molar-refractivity contribution in [3.05, 3.63) is 64.2 Å². The fourth-order valence-corrected chi connectivity index (χ4v) is 3.25. The number of hydroxylamine groups is 1. The summed E-state index contributed by atoms with van der Waals surface area (Å²) in [5, 5.41) is 0.0242. The normalized spacial score (nSPS) is 11.3. The Morgan fingerprint density at radius 1 is 1.04 bits per heavy atom. The maximum Gasteiger partial charge on any atom is 0.271 e. The van der Waals surface area contributed by atoms with Gasteiger partial charge in [-0.1, -0.05) is 33.8 Å². The summed E-state index contributed by atoms with van der Waals surface area (Å²) in [5.74, 6) is -1.29. The quantitative estimate of drug-likeness (QED) is 0.731. The van der Waals surface area contributed by atoms with E-state index in [4.69, 9.17) is 16.4 Å². The molecular weight excluding hydrogens is 394 g/mol. The summed E-state index contributed by atoms with van der Waals surface area (Å²) in [5.41, 5.74) is 5.69. The molecule has 2 amide bonds. The van der Waals surface area contributed by atoms with Crippen LogP contribution in [0.3, 0.4) is 0 Å². The number of carbonyl (C=O) groups is 2. The van der Waals surface area contributed by atoms with Crippen molar-refractivity contribution < 1.29 is 22.8 Å². The molecule has 10 heteroatoms. The van der Waals surface area contributed by atoms with Crippen LogP contribution < -0.4 is 10.9 Å². The summed E-state index contributed by atoms with van der Waals surface area (Å²) in [6.07, 6.45) is 0. The van der Waals surface area contributed by atoms with Crippen molar-refractivity contribution in [2.75, 3.05) is 14.2 Å². The summed E-state index contributed by atoms with van der Waals surface area (Å²) in [6.45, 7) is 1.88. The maximum atomic E-state index is 12.3. The highest BCUT2D eigenvalue weighted by Crippen LogP contribution is 2.22. The van der Waals surface area contributed by atoms with Crippen molar-refractivity contribution in [2.24, 2.45) is 0 Å². The van der Waals surface area contributed by atoms with E-state index < -0.39 is 21.8 Å². The number of aryl methyl sites for hydroxylation is 1. The number of hydrogen-bond donors (Lipinski definition) is 2. The van der Waals surface area contributed by atoms with Gasteiger partial charge < -0.3 is 0 Å². The Bertz CT molecular complexity index is 961. The third-order valence-electron chi connectivity index (χ3n) is 3.68. The maximum absolute atomic E-state index is 12.3. The Morgan fingerprint density at radius 2 is 1.63 bits per heavy atom. The smallest absolute Gasteiger partial charge is 0.271 e. The predicted octanol–water partition coefficient (Wildman–Crippen LogP) is 1.91. The third kappa shape index (κ3) is 4.83. The Kier molecular flexibility index (Phi) is 6.55. The predicted molar refractivity (Wildman–Crippen MR) is 99.5 cm³/mol. The summed E-state index contributed by atoms with van der Waals surface area (Å²) in [4.78, 5) is 28.9. The van der Waals surface area contributed by atoms with Crippen molar-refractivity contribution in [1.29, 1.82) is 0 Å². The van der Waals surface area contributed by atoms with Crippen LogP contribution in [0.15, 0.2) is 47.4 Å². The number of hydrazine groups is 1. The van der Waals surface area contributed by atoms with Crippen LogP contribution in [0.25, 0.3) is 0 Å². The molecule has 0 aromatic heterocycles. The number of nitrogens with one attached hydrogen (secondary N) is 2. The molecule has 0 heterocycles. The van der Waals surface area contributed by atoms with Gasteiger partial charge in [-0.25, -0.2) is 8.42 Å². The van der Waals surface area contributed by atoms with Crippen LogP contribution in [0.1, 0.15) is 26.3 Å². The summed E-state index contributed by atoms with van der Waals surface area (Å²) in [7, 11) is -1.55. The monoisotopic (exact) mass is 411 g/mol. The molecule has 2 rings (SSSR count). The minimum Gasteiger partial charge on any atom is -0.288 e. The number of halogens is 1. The van der Waals surface area contributed by atoms with Crippen molar-refractivity contribution >= 4 is 33.4 Å². The zero-order valence-electron chi connectivity index (χ0n) is 14.8. The van der Waals surface area contributed by atoms with Gasteiger partial charge in [-0.05, 0) is 37.3 Å². The van der Waals surface area contributed by atoms with Crippen LogP contribution in [0.5, 0.6) is 0 Å². The Balaban J connectivity index is 2.17. The lowest BCUT2D eigenvalue weighted by atomic mass is 10.1. The zero-order chi connectivity index (χ0) is 20.2. The van der Waals surface area contributed by atoms with E-state index in [1.165, 1.54) is 26.3 Å². The van der Waals surface area contributed by atoms with Crippen LogP contribution in [0.4, 0.5) is 0 Å². The first-order valence-corrected chi connectivity index (χ1v) is 9.48. The SMILES string of the molecule is CON(C)S(=O)(=O)c1ccc(Cl)c(C(=O)NNC(=O)c2ccc(C)cc2)c1. The molecule has 0 bridgehead atoms. The molecule has 0 radical (unpaired) electrons. The molecule has 0 atom stereocenters. The first kappa shape index (κ1) is 20.8. The molecule has 2 N–H and O–H groups in total. The van der Waals surface area contributed by atoms with Gasteiger partial charge in [-0.3, -0.25) is 25.3 Å². The molecule has 0 unspecified atom stereocenters. The largest absolute Gasteiger partial charge is 0.288 e. The lowest BCUT2D eigenvalue weighted by Gasteiger charge is -2.15. The molecule has 0 saturated heterocycles. The minimum absolute atomic E-state index is 0.0242. The number of hydrogen-bond acceptors (Lipinski definition) is 5. The second-order valence-electron chi connectivity index (χ2n) is 5.51. The summed E-state index contributed by atoms with van der Waals surface area (Å²) < 4.78 is 25.2. The molecule has 0 aliphatic heterocycles. The van der Waals surface area contributed by atoms with Crippen LogP contribution in [-0.4, -0.2) is 38.9 Å². The molecule has 0 aliphatic rings. The van der Waals surface area contributed by atoms with Crippen LogP contribution >= 0.6 is 11.6 Å². The highest BCUT2D eigenvalue weighted by atomic mass is 35.5. The van der Waals surface area contributed by atoms with Gasteiger partial charge in [0.1, 0.15) is 0 Å². The van der Waals surface area contributed by atoms with Gasteiger partial charge in [0.05, 0.1) is 22.6 Å². The van der Waals surface area contributed by atoms with Gasteiger partial charge in [0.2, 0.25) is 0 Å². The van der Waals surface area contributed by atoms with E-state index in [9.17, 15) is 18.0 Å². The topological polar surface area (TPSA) is 105 Å². The fourth-order valence-electron chi connectivity index (χ4n) is 2.04. The molecule has 8 nitrogen and oxygen atoms in total. The lowest BCUT2D eigenvalue weighted by Crippen LogP contribution is -2.41. The number of sulfonamides is 1. The molecule has 2 aromatic rings. The van der Waals surface area contributed by atoms with Crippen LogP contribution in [-0.2, 0) is 14.9 Å². The molecule has 2 aromatic carbocycles. The lowest BCUT2D eigenvalue weighted by molar-refractivity contribution is -0.0258. The Labute approximate surface area is 162 Å². The van der Waals surface area contributed by atoms with E-state index in [0.29, 0.717) is 10.0 Å². The zero-order valence-corrected chi connectivity index (χ0v) is 16.4. The molecule has 0 fully saturated rings. The highest BCUT2D eigenvalue weighted by Gasteiger charge is 2.23. The van der Waals surface area contributed by atoms with Gasteiger partial charge in [-0.15, -0.1) is 0 Å². The number of nitrogens with zero attached hydrogens (tertiary/aromatic N) is 1. The van der Waals surface area contributed by atoms with Crippen molar-refractivity contribution in [2.45, 2.75) is 11.8 Å². The second kappa shape index (κ2) is 8.49. The minimum atomic E-state index is -3.96. The first-order chi connectivity index (χ1) is 12.7. The molecule has 0 aliphatic carbocycles. The average Bonchev–Trinajstić information content (AvgIpc) is 2.65. The molecule has 27 heavy (non-hydrogen) atoms. The van der Waals surface area contributed by atoms with E-state index in [0.717, 1.165) is 11.6 Å². The number of benzene rings is 2. The number of rotatable bonds is 5. The standard InChI is InChI=1S/C17H18ClN3O5S/c1-11-4-6-12(7-5-11)16(22)19-20-17(23)14-10-13(8-9-15(14)18)27(24,25)21(2)26-3/h4-10H,1-3H3,(H,19,22)(H,20,23). The van der Waals surface area contributed by atoms with E-state index in [1.807, 2.05) is 6.92 Å². The second-order valence-corrected chi connectivity index (χ2v) is 7.86. The average molecular weight is 412 g/mol. The Hall–Kier alpha value is -2.46. The fraction of sp³-hybridized carbons (Fsp3) is 0.176.